The molecule has 112 valence electrons. The molecule has 1 N–H and O–H groups in total. The summed E-state index contributed by atoms with van der Waals surface area (Å²) in [5.74, 6) is 1.88. The van der Waals surface area contributed by atoms with Crippen molar-refractivity contribution in [2.45, 2.75) is 40.7 Å². The molecule has 0 spiro atoms. The van der Waals surface area contributed by atoms with Gasteiger partial charge in [-0.3, -0.25) is 0 Å². The van der Waals surface area contributed by atoms with Gasteiger partial charge in [-0.2, -0.15) is 0 Å². The summed E-state index contributed by atoms with van der Waals surface area (Å²) in [6, 6.07) is 10.3. The SMILES string of the molecule is CCCNc1cccc(COc2c(C)cc(C)cc2C)n1. The highest BCUT2D eigenvalue weighted by atomic mass is 16.5. The van der Waals surface area contributed by atoms with E-state index in [4.69, 9.17) is 4.74 Å². The number of nitrogens with zero attached hydrogens (tertiary/aromatic N) is 1. The highest BCUT2D eigenvalue weighted by Gasteiger charge is 2.06. The maximum absolute atomic E-state index is 5.98. The maximum Gasteiger partial charge on any atom is 0.130 e. The molecule has 3 nitrogen and oxygen atoms in total. The molecule has 0 unspecified atom stereocenters. The Morgan fingerprint density at radius 2 is 1.81 bits per heavy atom. The minimum atomic E-state index is 0.492. The number of anilines is 1. The predicted molar refractivity (Wildman–Crippen MR) is 88.0 cm³/mol. The van der Waals surface area contributed by atoms with Gasteiger partial charge in [0, 0.05) is 6.54 Å². The van der Waals surface area contributed by atoms with Crippen LogP contribution in [-0.4, -0.2) is 11.5 Å². The second-order valence-electron chi connectivity index (χ2n) is 5.46. The van der Waals surface area contributed by atoms with E-state index in [0.717, 1.165) is 30.2 Å². The van der Waals surface area contributed by atoms with Gasteiger partial charge in [-0.25, -0.2) is 4.98 Å². The lowest BCUT2D eigenvalue weighted by Crippen LogP contribution is -2.05. The number of nitrogens with one attached hydrogen (secondary N) is 1. The molecule has 0 bridgehead atoms. The summed E-state index contributed by atoms with van der Waals surface area (Å²) in [5.41, 5.74) is 4.55. The number of aryl methyl sites for hydroxylation is 3. The van der Waals surface area contributed by atoms with Gasteiger partial charge < -0.3 is 10.1 Å². The first kappa shape index (κ1) is 15.4. The summed E-state index contributed by atoms with van der Waals surface area (Å²) in [6.07, 6.45) is 1.09. The monoisotopic (exact) mass is 284 g/mol. The first-order valence-corrected chi connectivity index (χ1v) is 7.50. The molecule has 2 aromatic rings. The van der Waals surface area contributed by atoms with E-state index in [9.17, 15) is 0 Å². The normalized spacial score (nSPS) is 10.5. The van der Waals surface area contributed by atoms with Gasteiger partial charge in [0.25, 0.3) is 0 Å². The summed E-state index contributed by atoms with van der Waals surface area (Å²) in [5, 5.41) is 3.30. The number of benzene rings is 1. The van der Waals surface area contributed by atoms with Gasteiger partial charge in [0.2, 0.25) is 0 Å². The zero-order valence-corrected chi connectivity index (χ0v) is 13.4. The minimum absolute atomic E-state index is 0.492. The summed E-state index contributed by atoms with van der Waals surface area (Å²) in [4.78, 5) is 4.57. The van der Waals surface area contributed by atoms with Crippen LogP contribution in [0.1, 0.15) is 35.7 Å². The summed E-state index contributed by atoms with van der Waals surface area (Å²) < 4.78 is 5.98. The molecule has 0 fully saturated rings. The molecule has 0 atom stereocenters. The van der Waals surface area contributed by atoms with Crippen molar-refractivity contribution >= 4 is 5.82 Å². The van der Waals surface area contributed by atoms with Gasteiger partial charge in [0.05, 0.1) is 5.69 Å². The third-order valence-corrected chi connectivity index (χ3v) is 3.33. The van der Waals surface area contributed by atoms with Crippen LogP contribution in [-0.2, 0) is 6.61 Å². The first-order valence-electron chi connectivity index (χ1n) is 7.50. The fourth-order valence-electron chi connectivity index (χ4n) is 2.45. The molecule has 3 heteroatoms. The molecular formula is C18H24N2O. The first-order chi connectivity index (χ1) is 10.1. The molecule has 0 saturated heterocycles. The number of ether oxygens (including phenoxy) is 1. The van der Waals surface area contributed by atoms with Crippen molar-refractivity contribution in [3.63, 3.8) is 0 Å². The molecule has 1 aromatic carbocycles. The van der Waals surface area contributed by atoms with Crippen molar-refractivity contribution in [1.82, 2.24) is 4.98 Å². The molecule has 1 heterocycles. The average molecular weight is 284 g/mol. The highest BCUT2D eigenvalue weighted by Crippen LogP contribution is 2.25. The van der Waals surface area contributed by atoms with Crippen LogP contribution in [0.2, 0.25) is 0 Å². The fourth-order valence-corrected chi connectivity index (χ4v) is 2.45. The number of hydrogen-bond acceptors (Lipinski definition) is 3. The average Bonchev–Trinajstić information content (AvgIpc) is 2.44. The Balaban J connectivity index is 2.06. The van der Waals surface area contributed by atoms with E-state index in [-0.39, 0.29) is 0 Å². The van der Waals surface area contributed by atoms with Crippen LogP contribution in [0.25, 0.3) is 0 Å². The fraction of sp³-hybridized carbons (Fsp3) is 0.389. The number of aromatic nitrogens is 1. The van der Waals surface area contributed by atoms with Crippen LogP contribution < -0.4 is 10.1 Å². The predicted octanol–water partition coefficient (Wildman–Crippen LogP) is 4.41. The second-order valence-corrected chi connectivity index (χ2v) is 5.46. The van der Waals surface area contributed by atoms with Gasteiger partial charge in [-0.05, 0) is 50.5 Å². The molecular weight excluding hydrogens is 260 g/mol. The number of pyridine rings is 1. The van der Waals surface area contributed by atoms with Gasteiger partial charge in [-0.15, -0.1) is 0 Å². The van der Waals surface area contributed by atoms with Crippen LogP contribution in [0.3, 0.4) is 0 Å². The Morgan fingerprint density at radius 1 is 1.10 bits per heavy atom. The van der Waals surface area contributed by atoms with Crippen LogP contribution in [0.15, 0.2) is 30.3 Å². The zero-order valence-electron chi connectivity index (χ0n) is 13.4. The van der Waals surface area contributed by atoms with Crippen molar-refractivity contribution in [2.75, 3.05) is 11.9 Å². The van der Waals surface area contributed by atoms with Crippen LogP contribution in [0, 0.1) is 20.8 Å². The van der Waals surface area contributed by atoms with E-state index in [2.05, 4.69) is 50.1 Å². The van der Waals surface area contributed by atoms with Crippen LogP contribution in [0.5, 0.6) is 5.75 Å². The Kier molecular flexibility index (Phi) is 5.20. The topological polar surface area (TPSA) is 34.1 Å². The molecule has 0 radical (unpaired) electrons. The third-order valence-electron chi connectivity index (χ3n) is 3.33. The van der Waals surface area contributed by atoms with Crippen molar-refractivity contribution in [3.05, 3.63) is 52.7 Å². The van der Waals surface area contributed by atoms with Gasteiger partial charge in [0.1, 0.15) is 18.2 Å². The Bertz CT molecular complexity index is 585. The van der Waals surface area contributed by atoms with Crippen molar-refractivity contribution in [2.24, 2.45) is 0 Å². The molecule has 0 saturated carbocycles. The van der Waals surface area contributed by atoms with E-state index in [1.54, 1.807) is 0 Å². The van der Waals surface area contributed by atoms with E-state index in [1.807, 2.05) is 18.2 Å². The lowest BCUT2D eigenvalue weighted by Gasteiger charge is -2.13. The van der Waals surface area contributed by atoms with Gasteiger partial charge in [-0.1, -0.05) is 30.7 Å². The lowest BCUT2D eigenvalue weighted by atomic mass is 10.1. The molecule has 0 aliphatic carbocycles. The smallest absolute Gasteiger partial charge is 0.130 e. The zero-order chi connectivity index (χ0) is 15.2. The molecule has 21 heavy (non-hydrogen) atoms. The molecule has 1 aromatic heterocycles. The van der Waals surface area contributed by atoms with Crippen LogP contribution >= 0.6 is 0 Å². The van der Waals surface area contributed by atoms with Crippen molar-refractivity contribution < 1.29 is 4.74 Å². The number of rotatable bonds is 6. The molecule has 2 rings (SSSR count). The van der Waals surface area contributed by atoms with Crippen LogP contribution in [0.4, 0.5) is 5.82 Å². The summed E-state index contributed by atoms with van der Waals surface area (Å²) in [7, 11) is 0. The summed E-state index contributed by atoms with van der Waals surface area (Å²) >= 11 is 0. The highest BCUT2D eigenvalue weighted by molar-refractivity contribution is 5.43. The van der Waals surface area contributed by atoms with E-state index >= 15 is 0 Å². The summed E-state index contributed by atoms with van der Waals surface area (Å²) in [6.45, 7) is 9.85. The van der Waals surface area contributed by atoms with Crippen molar-refractivity contribution in [3.8, 4) is 5.75 Å². The van der Waals surface area contributed by atoms with Gasteiger partial charge in [0.15, 0.2) is 0 Å². The van der Waals surface area contributed by atoms with E-state index < -0.39 is 0 Å². The van der Waals surface area contributed by atoms with E-state index in [1.165, 1.54) is 16.7 Å². The maximum atomic E-state index is 5.98. The molecule has 0 aliphatic rings. The Labute approximate surface area is 127 Å². The van der Waals surface area contributed by atoms with Crippen molar-refractivity contribution in [1.29, 1.82) is 0 Å². The molecule has 0 aliphatic heterocycles. The quantitative estimate of drug-likeness (QED) is 0.853. The molecule has 0 amide bonds. The standard InChI is InChI=1S/C18H24N2O/c1-5-9-19-17-8-6-7-16(20-17)12-21-18-14(3)10-13(2)11-15(18)4/h6-8,10-11H,5,9,12H2,1-4H3,(H,19,20). The second kappa shape index (κ2) is 7.11. The largest absolute Gasteiger partial charge is 0.487 e. The third kappa shape index (κ3) is 4.22. The van der Waals surface area contributed by atoms with E-state index in [0.29, 0.717) is 6.61 Å². The van der Waals surface area contributed by atoms with Gasteiger partial charge >= 0.3 is 0 Å². The lowest BCUT2D eigenvalue weighted by molar-refractivity contribution is 0.297. The Morgan fingerprint density at radius 3 is 2.48 bits per heavy atom. The number of hydrogen-bond donors (Lipinski definition) is 1. The Hall–Kier alpha value is -2.03. The minimum Gasteiger partial charge on any atom is -0.487 e.